The summed E-state index contributed by atoms with van der Waals surface area (Å²) < 4.78 is 0. The van der Waals surface area contributed by atoms with E-state index in [9.17, 15) is 0 Å². The zero-order valence-corrected chi connectivity index (χ0v) is 10.9. The Bertz CT molecular complexity index is 565. The van der Waals surface area contributed by atoms with Crippen LogP contribution in [0.25, 0.3) is 0 Å². The Balaban J connectivity index is 2.11. The standard InChI is InChI=1S/C16H16ClN/c17-16-8-4-3-7-14(16)15-10-12(18)9-11-5-1-2-6-13(11)15/h1-8,12,15H,9-10,18H2/t12-,15+/m1/s1. The molecule has 18 heavy (non-hydrogen) atoms. The van der Waals surface area contributed by atoms with Gasteiger partial charge in [0.1, 0.15) is 0 Å². The van der Waals surface area contributed by atoms with E-state index in [1.54, 1.807) is 0 Å². The molecule has 0 radical (unpaired) electrons. The maximum Gasteiger partial charge on any atom is 0.0444 e. The van der Waals surface area contributed by atoms with Crippen LogP contribution in [0.1, 0.15) is 29.0 Å². The van der Waals surface area contributed by atoms with E-state index in [0.717, 1.165) is 17.9 Å². The number of hydrogen-bond acceptors (Lipinski definition) is 1. The summed E-state index contributed by atoms with van der Waals surface area (Å²) in [5.74, 6) is 0.332. The molecule has 2 heteroatoms. The average Bonchev–Trinajstić information content (AvgIpc) is 2.38. The maximum absolute atomic E-state index is 6.33. The number of rotatable bonds is 1. The van der Waals surface area contributed by atoms with E-state index in [1.165, 1.54) is 16.7 Å². The molecule has 2 atom stereocenters. The molecule has 0 aliphatic heterocycles. The number of benzene rings is 2. The molecular weight excluding hydrogens is 242 g/mol. The van der Waals surface area contributed by atoms with Gasteiger partial charge in [0.15, 0.2) is 0 Å². The number of nitrogens with two attached hydrogens (primary N) is 1. The van der Waals surface area contributed by atoms with E-state index < -0.39 is 0 Å². The lowest BCUT2D eigenvalue weighted by Gasteiger charge is -2.30. The van der Waals surface area contributed by atoms with Crippen LogP contribution in [0.3, 0.4) is 0 Å². The monoisotopic (exact) mass is 257 g/mol. The quantitative estimate of drug-likeness (QED) is 0.827. The van der Waals surface area contributed by atoms with E-state index in [1.807, 2.05) is 18.2 Å². The van der Waals surface area contributed by atoms with Gasteiger partial charge in [-0.3, -0.25) is 0 Å². The molecule has 1 nitrogen and oxygen atoms in total. The molecule has 0 saturated heterocycles. The van der Waals surface area contributed by atoms with Gasteiger partial charge in [-0.1, -0.05) is 54.1 Å². The summed E-state index contributed by atoms with van der Waals surface area (Å²) in [6, 6.07) is 16.9. The highest BCUT2D eigenvalue weighted by Crippen LogP contribution is 2.38. The lowest BCUT2D eigenvalue weighted by atomic mass is 9.77. The molecule has 2 aromatic rings. The minimum atomic E-state index is 0.223. The first-order valence-electron chi connectivity index (χ1n) is 6.33. The average molecular weight is 258 g/mol. The highest BCUT2D eigenvalue weighted by Gasteiger charge is 2.26. The van der Waals surface area contributed by atoms with E-state index in [4.69, 9.17) is 17.3 Å². The van der Waals surface area contributed by atoms with Crippen molar-refractivity contribution in [3.8, 4) is 0 Å². The molecular formula is C16H16ClN. The minimum absolute atomic E-state index is 0.223. The first kappa shape index (κ1) is 11.8. The summed E-state index contributed by atoms with van der Waals surface area (Å²) in [6.45, 7) is 0. The molecule has 0 spiro atoms. The molecule has 0 aromatic heterocycles. The fourth-order valence-electron chi connectivity index (χ4n) is 2.91. The van der Waals surface area contributed by atoms with Gasteiger partial charge in [0.05, 0.1) is 0 Å². The third kappa shape index (κ3) is 2.05. The smallest absolute Gasteiger partial charge is 0.0444 e. The van der Waals surface area contributed by atoms with Gasteiger partial charge in [-0.05, 0) is 35.6 Å². The van der Waals surface area contributed by atoms with Gasteiger partial charge in [-0.25, -0.2) is 0 Å². The van der Waals surface area contributed by atoms with Gasteiger partial charge in [0.25, 0.3) is 0 Å². The second-order valence-corrected chi connectivity index (χ2v) is 5.38. The van der Waals surface area contributed by atoms with Crippen LogP contribution < -0.4 is 5.73 Å². The molecule has 0 amide bonds. The van der Waals surface area contributed by atoms with Crippen LogP contribution in [0.15, 0.2) is 48.5 Å². The van der Waals surface area contributed by atoms with Crippen LogP contribution in [-0.2, 0) is 6.42 Å². The molecule has 0 saturated carbocycles. The van der Waals surface area contributed by atoms with Gasteiger partial charge in [-0.2, -0.15) is 0 Å². The Morgan fingerprint density at radius 1 is 0.944 bits per heavy atom. The van der Waals surface area contributed by atoms with Crippen molar-refractivity contribution in [2.75, 3.05) is 0 Å². The van der Waals surface area contributed by atoms with Gasteiger partial charge in [0, 0.05) is 17.0 Å². The van der Waals surface area contributed by atoms with Crippen LogP contribution in [0.4, 0.5) is 0 Å². The summed E-state index contributed by atoms with van der Waals surface area (Å²) in [4.78, 5) is 0. The molecule has 1 aliphatic carbocycles. The van der Waals surface area contributed by atoms with E-state index in [-0.39, 0.29) is 6.04 Å². The largest absolute Gasteiger partial charge is 0.327 e. The van der Waals surface area contributed by atoms with Crippen molar-refractivity contribution < 1.29 is 0 Å². The van der Waals surface area contributed by atoms with Crippen molar-refractivity contribution in [2.45, 2.75) is 24.8 Å². The lowest BCUT2D eigenvalue weighted by Crippen LogP contribution is -2.30. The molecule has 0 unspecified atom stereocenters. The van der Waals surface area contributed by atoms with Crippen molar-refractivity contribution in [1.82, 2.24) is 0 Å². The van der Waals surface area contributed by atoms with Gasteiger partial charge in [-0.15, -0.1) is 0 Å². The van der Waals surface area contributed by atoms with Crippen LogP contribution in [0.2, 0.25) is 5.02 Å². The van der Waals surface area contributed by atoms with Crippen LogP contribution >= 0.6 is 11.6 Å². The summed E-state index contributed by atoms with van der Waals surface area (Å²) in [6.07, 6.45) is 1.94. The molecule has 0 fully saturated rings. The summed E-state index contributed by atoms with van der Waals surface area (Å²) >= 11 is 6.33. The first-order chi connectivity index (χ1) is 8.75. The lowest BCUT2D eigenvalue weighted by molar-refractivity contribution is 0.531. The van der Waals surface area contributed by atoms with E-state index in [0.29, 0.717) is 5.92 Å². The fourth-order valence-corrected chi connectivity index (χ4v) is 3.18. The van der Waals surface area contributed by atoms with Gasteiger partial charge in [0.2, 0.25) is 0 Å². The normalized spacial score (nSPS) is 22.6. The predicted molar refractivity (Wildman–Crippen MR) is 76.0 cm³/mol. The van der Waals surface area contributed by atoms with Gasteiger partial charge < -0.3 is 5.73 Å². The molecule has 3 rings (SSSR count). The van der Waals surface area contributed by atoms with Crippen molar-refractivity contribution >= 4 is 11.6 Å². The number of hydrogen-bond donors (Lipinski definition) is 1. The summed E-state index contributed by atoms with van der Waals surface area (Å²) in [5, 5.41) is 0.839. The van der Waals surface area contributed by atoms with Crippen molar-refractivity contribution in [2.24, 2.45) is 5.73 Å². The van der Waals surface area contributed by atoms with Crippen LogP contribution in [0, 0.1) is 0 Å². The second-order valence-electron chi connectivity index (χ2n) is 4.97. The van der Waals surface area contributed by atoms with Crippen LogP contribution in [-0.4, -0.2) is 6.04 Å². The Kier molecular flexibility index (Phi) is 3.11. The third-order valence-corrected chi connectivity index (χ3v) is 4.08. The molecule has 0 bridgehead atoms. The highest BCUT2D eigenvalue weighted by atomic mass is 35.5. The van der Waals surface area contributed by atoms with E-state index in [2.05, 4.69) is 30.3 Å². The molecule has 92 valence electrons. The van der Waals surface area contributed by atoms with Gasteiger partial charge >= 0.3 is 0 Å². The summed E-state index contributed by atoms with van der Waals surface area (Å²) in [7, 11) is 0. The van der Waals surface area contributed by atoms with Crippen molar-refractivity contribution in [1.29, 1.82) is 0 Å². The summed E-state index contributed by atoms with van der Waals surface area (Å²) in [5.41, 5.74) is 10.1. The van der Waals surface area contributed by atoms with Crippen molar-refractivity contribution in [3.63, 3.8) is 0 Å². The zero-order chi connectivity index (χ0) is 12.5. The Hall–Kier alpha value is -1.31. The minimum Gasteiger partial charge on any atom is -0.327 e. The molecule has 2 N–H and O–H groups in total. The highest BCUT2D eigenvalue weighted by molar-refractivity contribution is 6.31. The predicted octanol–water partition coefficient (Wildman–Crippen LogP) is 3.75. The van der Waals surface area contributed by atoms with E-state index >= 15 is 0 Å². The topological polar surface area (TPSA) is 26.0 Å². The first-order valence-corrected chi connectivity index (χ1v) is 6.71. The Morgan fingerprint density at radius 3 is 2.39 bits per heavy atom. The fraction of sp³-hybridized carbons (Fsp3) is 0.250. The number of fused-ring (bicyclic) bond motifs is 1. The third-order valence-electron chi connectivity index (χ3n) is 3.73. The number of halogens is 1. The maximum atomic E-state index is 6.33. The Morgan fingerprint density at radius 2 is 1.61 bits per heavy atom. The molecule has 0 heterocycles. The van der Waals surface area contributed by atoms with Crippen LogP contribution in [0.5, 0.6) is 0 Å². The van der Waals surface area contributed by atoms with Crippen molar-refractivity contribution in [3.05, 3.63) is 70.2 Å². The zero-order valence-electron chi connectivity index (χ0n) is 10.1. The molecule has 1 aliphatic rings. The Labute approximate surface area is 113 Å². The SMILES string of the molecule is N[C@@H]1Cc2ccccc2[C@@H](c2ccccc2Cl)C1. The molecule has 2 aromatic carbocycles. The second kappa shape index (κ2) is 4.75.